The average molecular weight is 415 g/mol. The summed E-state index contributed by atoms with van der Waals surface area (Å²) in [6, 6.07) is 7.81. The molecule has 1 unspecified atom stereocenters. The minimum atomic E-state index is -3.18. The zero-order valence-electron chi connectivity index (χ0n) is 16.3. The quantitative estimate of drug-likeness (QED) is 0.429. The highest BCUT2D eigenvalue weighted by molar-refractivity contribution is 7.89. The van der Waals surface area contributed by atoms with Crippen molar-refractivity contribution in [1.29, 1.82) is 0 Å². The van der Waals surface area contributed by atoms with Crippen LogP contribution in [0.5, 0.6) is 0 Å². The predicted molar refractivity (Wildman–Crippen MR) is 111 cm³/mol. The maximum Gasteiger partial charge on any atom is 0.211 e. The Kier molecular flexibility index (Phi) is 10.0. The summed E-state index contributed by atoms with van der Waals surface area (Å²) in [4.78, 5) is 0. The topological polar surface area (TPSA) is 92.3 Å². The standard InChI is InChI=1S/C19H30N2O4S2/c1-4-15-27(24,25)21-16-17(2)19-12-10-18(11-13-19)9-7-5-6-8-14-20-26(3,22)23/h10-13,17,20-21H,4-6,8,14-16H2,1-3H3. The molecule has 0 aliphatic heterocycles. The average Bonchev–Trinajstić information content (AvgIpc) is 2.58. The third-order valence-electron chi connectivity index (χ3n) is 3.89. The lowest BCUT2D eigenvalue weighted by molar-refractivity contribution is 0.573. The van der Waals surface area contributed by atoms with Crippen LogP contribution in [0, 0.1) is 11.8 Å². The fourth-order valence-electron chi connectivity index (χ4n) is 2.37. The highest BCUT2D eigenvalue weighted by Gasteiger charge is 2.12. The minimum absolute atomic E-state index is 0.0842. The van der Waals surface area contributed by atoms with Crippen LogP contribution in [-0.2, 0) is 20.0 Å². The third kappa shape index (κ3) is 11.1. The summed E-state index contributed by atoms with van der Waals surface area (Å²) in [7, 11) is -6.29. The molecule has 0 fully saturated rings. The molecule has 2 N–H and O–H groups in total. The van der Waals surface area contributed by atoms with Gasteiger partial charge in [0.15, 0.2) is 0 Å². The van der Waals surface area contributed by atoms with Gasteiger partial charge in [0.05, 0.1) is 12.0 Å². The van der Waals surface area contributed by atoms with E-state index >= 15 is 0 Å². The maximum absolute atomic E-state index is 11.7. The predicted octanol–water partition coefficient (Wildman–Crippen LogP) is 2.19. The van der Waals surface area contributed by atoms with Crippen molar-refractivity contribution >= 4 is 20.0 Å². The highest BCUT2D eigenvalue weighted by atomic mass is 32.2. The van der Waals surface area contributed by atoms with Gasteiger partial charge >= 0.3 is 0 Å². The molecule has 27 heavy (non-hydrogen) atoms. The summed E-state index contributed by atoms with van der Waals surface area (Å²) in [5.41, 5.74) is 1.97. The van der Waals surface area contributed by atoms with Gasteiger partial charge in [-0.05, 0) is 42.9 Å². The van der Waals surface area contributed by atoms with Gasteiger partial charge < -0.3 is 0 Å². The molecule has 8 heteroatoms. The van der Waals surface area contributed by atoms with Crippen molar-refractivity contribution in [3.63, 3.8) is 0 Å². The van der Waals surface area contributed by atoms with Gasteiger partial charge in [0.1, 0.15) is 0 Å². The second kappa shape index (κ2) is 11.4. The Morgan fingerprint density at radius 2 is 1.70 bits per heavy atom. The van der Waals surface area contributed by atoms with E-state index in [0.29, 0.717) is 25.9 Å². The molecule has 1 aromatic carbocycles. The number of rotatable bonds is 11. The maximum atomic E-state index is 11.7. The molecule has 0 saturated carbocycles. The molecule has 6 nitrogen and oxygen atoms in total. The molecule has 0 aliphatic rings. The Labute approximate surface area is 164 Å². The minimum Gasteiger partial charge on any atom is -0.215 e. The lowest BCUT2D eigenvalue weighted by atomic mass is 10.0. The van der Waals surface area contributed by atoms with Crippen molar-refractivity contribution in [2.75, 3.05) is 25.1 Å². The fraction of sp³-hybridized carbons (Fsp3) is 0.579. The van der Waals surface area contributed by atoms with E-state index in [-0.39, 0.29) is 11.7 Å². The molecular weight excluding hydrogens is 384 g/mol. The molecule has 0 aromatic heterocycles. The van der Waals surface area contributed by atoms with Crippen LogP contribution < -0.4 is 9.44 Å². The van der Waals surface area contributed by atoms with Crippen LogP contribution in [0.1, 0.15) is 56.6 Å². The number of benzene rings is 1. The molecule has 0 bridgehead atoms. The van der Waals surface area contributed by atoms with E-state index in [1.54, 1.807) is 0 Å². The highest BCUT2D eigenvalue weighted by Crippen LogP contribution is 2.15. The van der Waals surface area contributed by atoms with Crippen LogP contribution in [0.3, 0.4) is 0 Å². The molecule has 0 spiro atoms. The second-order valence-electron chi connectivity index (χ2n) is 6.62. The Bertz CT molecular complexity index is 836. The third-order valence-corrected chi connectivity index (χ3v) is 6.17. The molecule has 0 aliphatic carbocycles. The van der Waals surface area contributed by atoms with E-state index in [1.165, 1.54) is 0 Å². The van der Waals surface area contributed by atoms with E-state index in [0.717, 1.165) is 30.2 Å². The summed E-state index contributed by atoms with van der Waals surface area (Å²) < 4.78 is 50.4. The molecule has 1 atom stereocenters. The molecule has 0 radical (unpaired) electrons. The first-order valence-electron chi connectivity index (χ1n) is 9.14. The Balaban J connectivity index is 2.41. The lowest BCUT2D eigenvalue weighted by Gasteiger charge is -2.13. The van der Waals surface area contributed by atoms with Crippen molar-refractivity contribution in [2.45, 2.75) is 45.4 Å². The first-order valence-corrected chi connectivity index (χ1v) is 12.7. The molecule has 1 rings (SSSR count). The Hall–Kier alpha value is -1.40. The van der Waals surface area contributed by atoms with Gasteiger partial charge in [0.25, 0.3) is 0 Å². The van der Waals surface area contributed by atoms with E-state index in [1.807, 2.05) is 38.1 Å². The molecule has 1 aromatic rings. The summed E-state index contributed by atoms with van der Waals surface area (Å²) >= 11 is 0. The summed E-state index contributed by atoms with van der Waals surface area (Å²) in [6.45, 7) is 4.65. The van der Waals surface area contributed by atoms with Crippen LogP contribution in [0.15, 0.2) is 24.3 Å². The van der Waals surface area contributed by atoms with E-state index in [4.69, 9.17) is 0 Å². The van der Waals surface area contributed by atoms with Crippen molar-refractivity contribution in [1.82, 2.24) is 9.44 Å². The van der Waals surface area contributed by atoms with Crippen LogP contribution in [-0.4, -0.2) is 41.9 Å². The normalized spacial score (nSPS) is 13.0. The number of unbranched alkanes of at least 4 members (excludes halogenated alkanes) is 2. The van der Waals surface area contributed by atoms with Crippen molar-refractivity contribution in [3.05, 3.63) is 35.4 Å². The SMILES string of the molecule is CCCS(=O)(=O)NCC(C)c1ccc(C#CCCCCNS(C)(=O)=O)cc1. The lowest BCUT2D eigenvalue weighted by Crippen LogP contribution is -2.29. The van der Waals surface area contributed by atoms with Crippen LogP contribution in [0.25, 0.3) is 0 Å². The number of nitrogens with one attached hydrogen (secondary N) is 2. The molecular formula is C19H30N2O4S2. The second-order valence-corrected chi connectivity index (χ2v) is 10.4. The number of hydrogen-bond donors (Lipinski definition) is 2. The molecule has 0 heterocycles. The van der Waals surface area contributed by atoms with Gasteiger partial charge in [-0.25, -0.2) is 26.3 Å². The van der Waals surface area contributed by atoms with Gasteiger partial charge in [0, 0.05) is 25.1 Å². The largest absolute Gasteiger partial charge is 0.215 e. The zero-order chi connectivity index (χ0) is 20.3. The van der Waals surface area contributed by atoms with Gasteiger partial charge in [-0.15, -0.1) is 0 Å². The molecule has 0 saturated heterocycles. The van der Waals surface area contributed by atoms with Crippen molar-refractivity contribution in [3.8, 4) is 11.8 Å². The smallest absolute Gasteiger partial charge is 0.211 e. The first kappa shape index (κ1) is 23.6. The zero-order valence-corrected chi connectivity index (χ0v) is 17.9. The van der Waals surface area contributed by atoms with Gasteiger partial charge in [-0.2, -0.15) is 0 Å². The van der Waals surface area contributed by atoms with Crippen LogP contribution >= 0.6 is 0 Å². The number of sulfonamides is 2. The van der Waals surface area contributed by atoms with E-state index in [2.05, 4.69) is 21.3 Å². The van der Waals surface area contributed by atoms with Crippen LogP contribution in [0.2, 0.25) is 0 Å². The van der Waals surface area contributed by atoms with E-state index < -0.39 is 20.0 Å². The monoisotopic (exact) mass is 414 g/mol. The van der Waals surface area contributed by atoms with Gasteiger partial charge in [-0.3, -0.25) is 0 Å². The summed E-state index contributed by atoms with van der Waals surface area (Å²) in [5.74, 6) is 6.41. The van der Waals surface area contributed by atoms with Gasteiger partial charge in [-0.1, -0.05) is 37.8 Å². The first-order chi connectivity index (χ1) is 12.6. The number of hydrogen-bond acceptors (Lipinski definition) is 4. The Morgan fingerprint density at radius 3 is 2.30 bits per heavy atom. The molecule has 0 amide bonds. The summed E-state index contributed by atoms with van der Waals surface area (Å²) in [5, 5.41) is 0. The van der Waals surface area contributed by atoms with Crippen molar-refractivity contribution in [2.24, 2.45) is 0 Å². The fourth-order valence-corrected chi connectivity index (χ4v) is 4.07. The van der Waals surface area contributed by atoms with Gasteiger partial charge in [0.2, 0.25) is 20.0 Å². The van der Waals surface area contributed by atoms with E-state index in [9.17, 15) is 16.8 Å². The van der Waals surface area contributed by atoms with Crippen molar-refractivity contribution < 1.29 is 16.8 Å². The summed E-state index contributed by atoms with van der Waals surface area (Å²) in [6.07, 6.45) is 4.06. The molecule has 152 valence electrons. The Morgan fingerprint density at radius 1 is 1.04 bits per heavy atom. The van der Waals surface area contributed by atoms with Crippen LogP contribution in [0.4, 0.5) is 0 Å².